The van der Waals surface area contributed by atoms with E-state index in [1.165, 1.54) is 12.8 Å². The first-order valence-corrected chi connectivity index (χ1v) is 5.81. The molecule has 72 valence electrons. The molecule has 0 heteroatoms. The van der Waals surface area contributed by atoms with Gasteiger partial charge in [0.15, 0.2) is 0 Å². The number of hydrogen-bond donors (Lipinski definition) is 0. The second-order valence-corrected chi connectivity index (χ2v) is 4.55. The Morgan fingerprint density at radius 2 is 1.67 bits per heavy atom. The molecule has 0 aromatic heterocycles. The molecule has 0 aromatic rings. The van der Waals surface area contributed by atoms with Crippen LogP contribution in [0.2, 0.25) is 0 Å². The maximum atomic E-state index is 2.35. The number of fused-ring (bicyclic) bond motifs is 2. The van der Waals surface area contributed by atoms with Gasteiger partial charge in [0.1, 0.15) is 0 Å². The van der Waals surface area contributed by atoms with Crippen molar-refractivity contribution in [2.75, 3.05) is 0 Å². The molecule has 0 heterocycles. The van der Waals surface area contributed by atoms with E-state index in [4.69, 9.17) is 0 Å². The van der Waals surface area contributed by atoms with Gasteiger partial charge < -0.3 is 0 Å². The van der Waals surface area contributed by atoms with Crippen LogP contribution < -0.4 is 0 Å². The average molecular weight is 168 g/mol. The molecule has 12 heavy (non-hydrogen) atoms. The van der Waals surface area contributed by atoms with Crippen LogP contribution in [0.1, 0.15) is 59.3 Å². The topological polar surface area (TPSA) is 0 Å². The Bertz CT molecular complexity index is 117. The Morgan fingerprint density at radius 3 is 1.92 bits per heavy atom. The summed E-state index contributed by atoms with van der Waals surface area (Å²) in [6.07, 6.45) is 8.96. The fourth-order valence-corrected chi connectivity index (χ4v) is 2.88. The molecule has 2 saturated carbocycles. The van der Waals surface area contributed by atoms with Gasteiger partial charge in [-0.15, -0.1) is 0 Å². The van der Waals surface area contributed by atoms with Gasteiger partial charge in [0.05, 0.1) is 0 Å². The van der Waals surface area contributed by atoms with Gasteiger partial charge in [-0.2, -0.15) is 0 Å². The van der Waals surface area contributed by atoms with E-state index < -0.39 is 0 Å². The SMILES string of the molecule is CCC.CCC1CC2CCC1C2. The molecule has 0 aliphatic heterocycles. The summed E-state index contributed by atoms with van der Waals surface area (Å²) in [5, 5.41) is 0. The van der Waals surface area contributed by atoms with Crippen molar-refractivity contribution >= 4 is 0 Å². The Balaban J connectivity index is 0.000000213. The van der Waals surface area contributed by atoms with Crippen LogP contribution in [0.15, 0.2) is 0 Å². The number of rotatable bonds is 1. The van der Waals surface area contributed by atoms with E-state index in [2.05, 4.69) is 20.8 Å². The van der Waals surface area contributed by atoms with Crippen LogP contribution in [-0.2, 0) is 0 Å². The summed E-state index contributed by atoms with van der Waals surface area (Å²) < 4.78 is 0. The molecular weight excluding hydrogens is 144 g/mol. The van der Waals surface area contributed by atoms with Gasteiger partial charge in [-0.25, -0.2) is 0 Å². The molecule has 2 fully saturated rings. The Kier molecular flexibility index (Phi) is 4.11. The highest BCUT2D eigenvalue weighted by Crippen LogP contribution is 2.49. The summed E-state index contributed by atoms with van der Waals surface area (Å²) in [7, 11) is 0. The van der Waals surface area contributed by atoms with Gasteiger partial charge in [-0.1, -0.05) is 40.0 Å². The fourth-order valence-electron chi connectivity index (χ4n) is 2.88. The molecule has 3 atom stereocenters. The van der Waals surface area contributed by atoms with E-state index in [1.807, 2.05) is 0 Å². The van der Waals surface area contributed by atoms with E-state index in [9.17, 15) is 0 Å². The van der Waals surface area contributed by atoms with Crippen molar-refractivity contribution in [3.8, 4) is 0 Å². The van der Waals surface area contributed by atoms with Gasteiger partial charge in [-0.3, -0.25) is 0 Å². The molecule has 0 spiro atoms. The fraction of sp³-hybridized carbons (Fsp3) is 1.00. The van der Waals surface area contributed by atoms with Gasteiger partial charge >= 0.3 is 0 Å². The lowest BCUT2D eigenvalue weighted by Gasteiger charge is -2.18. The third kappa shape index (κ3) is 2.24. The van der Waals surface area contributed by atoms with Crippen molar-refractivity contribution < 1.29 is 0 Å². The zero-order valence-electron chi connectivity index (χ0n) is 8.97. The van der Waals surface area contributed by atoms with E-state index in [1.54, 1.807) is 25.7 Å². The molecule has 2 aliphatic rings. The minimum Gasteiger partial charge on any atom is -0.0656 e. The molecule has 0 aromatic carbocycles. The summed E-state index contributed by atoms with van der Waals surface area (Å²) in [5.41, 5.74) is 0. The lowest BCUT2D eigenvalue weighted by molar-refractivity contribution is 0.324. The third-order valence-corrected chi connectivity index (χ3v) is 3.41. The molecule has 0 amide bonds. The largest absolute Gasteiger partial charge is 0.0656 e. The third-order valence-electron chi connectivity index (χ3n) is 3.41. The monoisotopic (exact) mass is 168 g/mol. The lowest BCUT2D eigenvalue weighted by atomic mass is 9.87. The zero-order chi connectivity index (χ0) is 8.97. The maximum Gasteiger partial charge on any atom is -0.0383 e. The van der Waals surface area contributed by atoms with E-state index in [0.29, 0.717) is 0 Å². The predicted molar refractivity (Wildman–Crippen MR) is 55.2 cm³/mol. The van der Waals surface area contributed by atoms with Crippen LogP contribution >= 0.6 is 0 Å². The standard InChI is InChI=1S/C9H16.C3H8/c1-2-8-5-7-3-4-9(8)6-7;1-3-2/h7-9H,2-6H2,1H3;3H2,1-2H3. The molecule has 3 unspecified atom stereocenters. The number of hydrogen-bond acceptors (Lipinski definition) is 0. The first-order chi connectivity index (χ1) is 5.81. The van der Waals surface area contributed by atoms with Crippen LogP contribution in [-0.4, -0.2) is 0 Å². The maximum absolute atomic E-state index is 2.35. The van der Waals surface area contributed by atoms with E-state index in [0.717, 1.165) is 17.8 Å². The Morgan fingerprint density at radius 1 is 1.00 bits per heavy atom. The van der Waals surface area contributed by atoms with Crippen LogP contribution in [0.3, 0.4) is 0 Å². The molecule has 2 aliphatic carbocycles. The van der Waals surface area contributed by atoms with E-state index >= 15 is 0 Å². The van der Waals surface area contributed by atoms with Crippen LogP contribution in [0.25, 0.3) is 0 Å². The predicted octanol–water partition coefficient (Wildman–Crippen LogP) is 4.25. The molecule has 0 saturated heterocycles. The molecule has 2 bridgehead atoms. The van der Waals surface area contributed by atoms with Crippen molar-refractivity contribution in [3.05, 3.63) is 0 Å². The van der Waals surface area contributed by atoms with Gasteiger partial charge in [0.2, 0.25) is 0 Å². The summed E-state index contributed by atoms with van der Waals surface area (Å²) in [5.74, 6) is 3.43. The van der Waals surface area contributed by atoms with Crippen LogP contribution in [0, 0.1) is 17.8 Å². The van der Waals surface area contributed by atoms with Crippen LogP contribution in [0.5, 0.6) is 0 Å². The lowest BCUT2D eigenvalue weighted by Crippen LogP contribution is -2.08. The van der Waals surface area contributed by atoms with E-state index in [-0.39, 0.29) is 0 Å². The second kappa shape index (κ2) is 4.89. The molecule has 0 nitrogen and oxygen atoms in total. The summed E-state index contributed by atoms with van der Waals surface area (Å²) in [6, 6.07) is 0. The van der Waals surface area contributed by atoms with Gasteiger partial charge in [0, 0.05) is 0 Å². The normalized spacial score (nSPS) is 37.8. The highest BCUT2D eigenvalue weighted by atomic mass is 14.4. The minimum atomic E-state index is 1.13. The average Bonchev–Trinajstić information content (AvgIpc) is 2.65. The van der Waals surface area contributed by atoms with Crippen molar-refractivity contribution in [1.29, 1.82) is 0 Å². The highest BCUT2D eigenvalue weighted by Gasteiger charge is 2.37. The highest BCUT2D eigenvalue weighted by molar-refractivity contribution is 4.88. The van der Waals surface area contributed by atoms with Crippen LogP contribution in [0.4, 0.5) is 0 Å². The molecule has 0 N–H and O–H groups in total. The van der Waals surface area contributed by atoms with Crippen molar-refractivity contribution in [2.24, 2.45) is 17.8 Å². The minimum absolute atomic E-state index is 1.13. The van der Waals surface area contributed by atoms with Gasteiger partial charge in [-0.05, 0) is 37.0 Å². The molecule has 2 rings (SSSR count). The summed E-state index contributed by atoms with van der Waals surface area (Å²) in [6.45, 7) is 6.60. The smallest absolute Gasteiger partial charge is 0.0383 e. The van der Waals surface area contributed by atoms with Crippen molar-refractivity contribution in [3.63, 3.8) is 0 Å². The second-order valence-electron chi connectivity index (χ2n) is 4.55. The summed E-state index contributed by atoms with van der Waals surface area (Å²) >= 11 is 0. The Labute approximate surface area is 77.7 Å². The van der Waals surface area contributed by atoms with Crippen molar-refractivity contribution in [2.45, 2.75) is 59.3 Å². The first kappa shape index (κ1) is 10.1. The Hall–Kier alpha value is 0. The zero-order valence-corrected chi connectivity index (χ0v) is 8.97. The quantitative estimate of drug-likeness (QED) is 0.549. The van der Waals surface area contributed by atoms with Gasteiger partial charge in [0.25, 0.3) is 0 Å². The first-order valence-electron chi connectivity index (χ1n) is 5.81. The summed E-state index contributed by atoms with van der Waals surface area (Å²) in [4.78, 5) is 0. The molecule has 0 radical (unpaired) electrons. The molecular formula is C12H24. The van der Waals surface area contributed by atoms with Crippen molar-refractivity contribution in [1.82, 2.24) is 0 Å².